The number of allylic oxidation sites excluding steroid dienone is 2. The minimum atomic E-state index is -0.334. The fourth-order valence-corrected chi connectivity index (χ4v) is 1.59. The maximum Gasteiger partial charge on any atom is 0.159 e. The molecule has 1 aromatic carbocycles. The second-order valence-electron chi connectivity index (χ2n) is 3.17. The van der Waals surface area contributed by atoms with Crippen molar-refractivity contribution >= 4 is 21.7 Å². The first-order valence-electron chi connectivity index (χ1n) is 4.77. The molecule has 0 radical (unpaired) electrons. The van der Waals surface area contributed by atoms with Gasteiger partial charge in [-0.2, -0.15) is 0 Å². The highest BCUT2D eigenvalue weighted by Gasteiger charge is 2.07. The maximum atomic E-state index is 13.1. The summed E-state index contributed by atoms with van der Waals surface area (Å²) in [6.45, 7) is 1.96. The molecule has 0 atom stereocenters. The molecule has 15 heavy (non-hydrogen) atoms. The molecule has 1 rings (SSSR count). The molecule has 0 aliphatic rings. The van der Waals surface area contributed by atoms with Crippen molar-refractivity contribution in [3.8, 4) is 0 Å². The summed E-state index contributed by atoms with van der Waals surface area (Å²) in [5.41, 5.74) is 0.681. The Morgan fingerprint density at radius 1 is 1.53 bits per heavy atom. The van der Waals surface area contributed by atoms with E-state index in [-0.39, 0.29) is 18.0 Å². The average Bonchev–Trinajstić information content (AvgIpc) is 2.22. The van der Waals surface area contributed by atoms with Gasteiger partial charge in [-0.25, -0.2) is 4.39 Å². The summed E-state index contributed by atoms with van der Waals surface area (Å²) in [5.74, 6) is -0.345. The molecule has 80 valence electrons. The maximum absolute atomic E-state index is 13.1. The summed E-state index contributed by atoms with van der Waals surface area (Å²) < 4.78 is 13.5. The van der Waals surface area contributed by atoms with E-state index >= 15 is 0 Å². The molecule has 0 heterocycles. The normalized spacial score (nSPS) is 10.9. The summed E-state index contributed by atoms with van der Waals surface area (Å²) >= 11 is 3.13. The second-order valence-corrected chi connectivity index (χ2v) is 3.96. The number of carbonyl (C=O) groups is 1. The first-order chi connectivity index (χ1) is 7.15. The monoisotopic (exact) mass is 270 g/mol. The molecule has 0 saturated heterocycles. The number of benzene rings is 1. The van der Waals surface area contributed by atoms with E-state index in [1.165, 1.54) is 12.1 Å². The van der Waals surface area contributed by atoms with Crippen LogP contribution in [0.3, 0.4) is 0 Å². The van der Waals surface area contributed by atoms with Crippen LogP contribution in [0.4, 0.5) is 4.39 Å². The Hall–Kier alpha value is -0.960. The highest BCUT2D eigenvalue weighted by atomic mass is 79.9. The van der Waals surface area contributed by atoms with Gasteiger partial charge in [0.2, 0.25) is 0 Å². The molecule has 0 N–H and O–H groups in total. The van der Waals surface area contributed by atoms with E-state index < -0.39 is 0 Å². The zero-order chi connectivity index (χ0) is 11.3. The van der Waals surface area contributed by atoms with Crippen molar-refractivity contribution in [1.82, 2.24) is 0 Å². The van der Waals surface area contributed by atoms with Crippen molar-refractivity contribution in [2.75, 3.05) is 0 Å². The van der Waals surface area contributed by atoms with Gasteiger partial charge in [-0.05, 0) is 40.1 Å². The zero-order valence-electron chi connectivity index (χ0n) is 8.47. The van der Waals surface area contributed by atoms with Gasteiger partial charge in [0.25, 0.3) is 0 Å². The van der Waals surface area contributed by atoms with Crippen LogP contribution in [0.15, 0.2) is 34.8 Å². The topological polar surface area (TPSA) is 17.1 Å². The SMILES string of the molecule is CC/C=C/C(=O)Cc1cccc(F)c1Br. The van der Waals surface area contributed by atoms with E-state index in [0.717, 1.165) is 6.42 Å². The van der Waals surface area contributed by atoms with Crippen LogP contribution in [0, 0.1) is 5.82 Å². The quantitative estimate of drug-likeness (QED) is 0.764. The minimum absolute atomic E-state index is 0.0110. The Balaban J connectivity index is 2.77. The van der Waals surface area contributed by atoms with Crippen LogP contribution < -0.4 is 0 Å². The highest BCUT2D eigenvalue weighted by molar-refractivity contribution is 9.10. The summed E-state index contributed by atoms with van der Waals surface area (Å²) in [5, 5.41) is 0. The third-order valence-corrected chi connectivity index (χ3v) is 2.82. The summed E-state index contributed by atoms with van der Waals surface area (Å²) in [6, 6.07) is 4.71. The van der Waals surface area contributed by atoms with Gasteiger partial charge in [0, 0.05) is 6.42 Å². The molecule has 0 saturated carbocycles. The van der Waals surface area contributed by atoms with E-state index in [9.17, 15) is 9.18 Å². The van der Waals surface area contributed by atoms with Crippen LogP contribution in [-0.4, -0.2) is 5.78 Å². The predicted octanol–water partition coefficient (Wildman–Crippen LogP) is 3.67. The molecule has 0 bridgehead atoms. The van der Waals surface area contributed by atoms with Crippen molar-refractivity contribution in [3.63, 3.8) is 0 Å². The van der Waals surface area contributed by atoms with Crippen LogP contribution >= 0.6 is 15.9 Å². The fourth-order valence-electron chi connectivity index (χ4n) is 1.18. The number of hydrogen-bond donors (Lipinski definition) is 0. The molecule has 0 amide bonds. The van der Waals surface area contributed by atoms with Gasteiger partial charge in [-0.15, -0.1) is 0 Å². The lowest BCUT2D eigenvalue weighted by molar-refractivity contribution is -0.114. The Bertz CT molecular complexity index is 385. The lowest BCUT2D eigenvalue weighted by atomic mass is 10.1. The van der Waals surface area contributed by atoms with Gasteiger partial charge >= 0.3 is 0 Å². The third kappa shape index (κ3) is 3.59. The number of rotatable bonds is 4. The molecule has 0 aliphatic heterocycles. The minimum Gasteiger partial charge on any atom is -0.294 e. The van der Waals surface area contributed by atoms with Crippen molar-refractivity contribution in [2.24, 2.45) is 0 Å². The third-order valence-electron chi connectivity index (χ3n) is 1.94. The van der Waals surface area contributed by atoms with Gasteiger partial charge in [0.05, 0.1) is 4.47 Å². The Morgan fingerprint density at radius 3 is 2.93 bits per heavy atom. The number of halogens is 2. The van der Waals surface area contributed by atoms with Crippen LogP contribution in [-0.2, 0) is 11.2 Å². The van der Waals surface area contributed by atoms with Crippen LogP contribution in [0.1, 0.15) is 18.9 Å². The molecule has 3 heteroatoms. The smallest absolute Gasteiger partial charge is 0.159 e. The molecule has 0 aromatic heterocycles. The van der Waals surface area contributed by atoms with Crippen molar-refractivity contribution < 1.29 is 9.18 Å². The standard InChI is InChI=1S/C12H12BrFO/c1-2-3-6-10(15)8-9-5-4-7-11(14)12(9)13/h3-7H,2,8H2,1H3/b6-3+. The number of carbonyl (C=O) groups excluding carboxylic acids is 1. The zero-order valence-corrected chi connectivity index (χ0v) is 10.1. The first kappa shape index (κ1) is 12.1. The van der Waals surface area contributed by atoms with E-state index in [0.29, 0.717) is 10.0 Å². The van der Waals surface area contributed by atoms with Crippen LogP contribution in [0.5, 0.6) is 0 Å². The Kier molecular flexibility index (Phi) is 4.69. The summed E-state index contributed by atoms with van der Waals surface area (Å²) in [4.78, 5) is 11.4. The summed E-state index contributed by atoms with van der Waals surface area (Å²) in [6.07, 6.45) is 4.40. The van der Waals surface area contributed by atoms with Gasteiger partial charge in [-0.3, -0.25) is 4.79 Å². The largest absolute Gasteiger partial charge is 0.294 e. The highest BCUT2D eigenvalue weighted by Crippen LogP contribution is 2.20. The van der Waals surface area contributed by atoms with Crippen LogP contribution in [0.25, 0.3) is 0 Å². The second kappa shape index (κ2) is 5.81. The van der Waals surface area contributed by atoms with Crippen LogP contribution in [0.2, 0.25) is 0 Å². The lowest BCUT2D eigenvalue weighted by Gasteiger charge is -2.02. The molecule has 1 nitrogen and oxygen atoms in total. The van der Waals surface area contributed by atoms with Gasteiger partial charge in [0.15, 0.2) is 5.78 Å². The van der Waals surface area contributed by atoms with Crippen molar-refractivity contribution in [2.45, 2.75) is 19.8 Å². The van der Waals surface area contributed by atoms with Gasteiger partial charge < -0.3 is 0 Å². The van der Waals surface area contributed by atoms with Crippen molar-refractivity contribution in [1.29, 1.82) is 0 Å². The molecule has 1 aromatic rings. The molecular weight excluding hydrogens is 259 g/mol. The van der Waals surface area contributed by atoms with E-state index in [4.69, 9.17) is 0 Å². The average molecular weight is 271 g/mol. The van der Waals surface area contributed by atoms with Gasteiger partial charge in [0.1, 0.15) is 5.82 Å². The molecule has 0 aliphatic carbocycles. The van der Waals surface area contributed by atoms with E-state index in [1.807, 2.05) is 6.92 Å². The first-order valence-corrected chi connectivity index (χ1v) is 5.56. The molecule has 0 spiro atoms. The number of ketones is 1. The predicted molar refractivity (Wildman–Crippen MR) is 62.2 cm³/mol. The molecule has 0 fully saturated rings. The Labute approximate surface area is 97.1 Å². The molecular formula is C12H12BrFO. The van der Waals surface area contributed by atoms with Gasteiger partial charge in [-0.1, -0.05) is 25.1 Å². The van der Waals surface area contributed by atoms with Crippen molar-refractivity contribution in [3.05, 3.63) is 46.2 Å². The summed E-state index contributed by atoms with van der Waals surface area (Å²) in [7, 11) is 0. The van der Waals surface area contributed by atoms with E-state index in [1.54, 1.807) is 18.2 Å². The van der Waals surface area contributed by atoms with E-state index in [2.05, 4.69) is 15.9 Å². The Morgan fingerprint density at radius 2 is 2.27 bits per heavy atom. The number of hydrogen-bond acceptors (Lipinski definition) is 1. The molecule has 0 unspecified atom stereocenters. The lowest BCUT2D eigenvalue weighted by Crippen LogP contribution is -2.00. The fraction of sp³-hybridized carbons (Fsp3) is 0.250.